The van der Waals surface area contributed by atoms with Crippen molar-refractivity contribution < 1.29 is 4.74 Å². The van der Waals surface area contributed by atoms with Crippen molar-refractivity contribution in [2.45, 2.75) is 13.0 Å². The van der Waals surface area contributed by atoms with Crippen LogP contribution in [0, 0.1) is 0 Å². The van der Waals surface area contributed by atoms with Crippen molar-refractivity contribution in [3.8, 4) is 5.75 Å². The van der Waals surface area contributed by atoms with E-state index in [2.05, 4.69) is 26.2 Å². The Morgan fingerprint density at radius 2 is 2.43 bits per heavy atom. The fraction of sp³-hybridized carbons (Fsp3) is 0.444. The third kappa shape index (κ3) is 3.44. The van der Waals surface area contributed by atoms with E-state index in [0.717, 1.165) is 4.47 Å². The monoisotopic (exact) mass is 278 g/mol. The first kappa shape index (κ1) is 11.8. The summed E-state index contributed by atoms with van der Waals surface area (Å²) in [5.74, 6) is 0.711. The first-order valence-corrected chi connectivity index (χ1v) is 5.41. The van der Waals surface area contributed by atoms with Crippen LogP contribution in [-0.2, 0) is 0 Å². The van der Waals surface area contributed by atoms with Crippen LogP contribution >= 0.6 is 27.5 Å². The zero-order valence-corrected chi connectivity index (χ0v) is 10.4. The molecule has 1 atom stereocenters. The van der Waals surface area contributed by atoms with Crippen molar-refractivity contribution >= 4 is 27.5 Å². The van der Waals surface area contributed by atoms with Gasteiger partial charge in [0.2, 0.25) is 0 Å². The maximum atomic E-state index is 5.74. The minimum absolute atomic E-state index is 0.310. The molecule has 0 saturated carbocycles. The SMILES string of the molecule is CNC(C)COc1cnc(Cl)c(Br)c1. The topological polar surface area (TPSA) is 34.1 Å². The first-order chi connectivity index (χ1) is 6.63. The van der Waals surface area contributed by atoms with Crippen LogP contribution < -0.4 is 10.1 Å². The predicted molar refractivity (Wildman–Crippen MR) is 61.0 cm³/mol. The van der Waals surface area contributed by atoms with E-state index in [4.69, 9.17) is 16.3 Å². The van der Waals surface area contributed by atoms with Crippen molar-refractivity contribution in [2.75, 3.05) is 13.7 Å². The molecule has 0 saturated heterocycles. The van der Waals surface area contributed by atoms with Gasteiger partial charge in [0.05, 0.1) is 10.7 Å². The van der Waals surface area contributed by atoms with Gasteiger partial charge in [0, 0.05) is 6.04 Å². The highest BCUT2D eigenvalue weighted by Crippen LogP contribution is 2.24. The quantitative estimate of drug-likeness (QED) is 0.860. The number of ether oxygens (including phenoxy) is 1. The summed E-state index contributed by atoms with van der Waals surface area (Å²) in [5, 5.41) is 3.52. The van der Waals surface area contributed by atoms with Gasteiger partial charge in [0.1, 0.15) is 17.5 Å². The van der Waals surface area contributed by atoms with Gasteiger partial charge in [-0.3, -0.25) is 0 Å². The van der Waals surface area contributed by atoms with Gasteiger partial charge in [-0.05, 0) is 36.0 Å². The third-order valence-electron chi connectivity index (χ3n) is 1.76. The standard InChI is InChI=1S/C9H12BrClN2O/c1-6(12-2)5-14-7-3-8(10)9(11)13-4-7/h3-4,6,12H,5H2,1-2H3. The molecule has 0 radical (unpaired) electrons. The van der Waals surface area contributed by atoms with Crippen LogP contribution in [0.2, 0.25) is 5.15 Å². The predicted octanol–water partition coefficient (Wildman–Crippen LogP) is 2.48. The van der Waals surface area contributed by atoms with Gasteiger partial charge in [-0.1, -0.05) is 11.6 Å². The van der Waals surface area contributed by atoms with Gasteiger partial charge in [0.25, 0.3) is 0 Å². The van der Waals surface area contributed by atoms with Gasteiger partial charge < -0.3 is 10.1 Å². The molecule has 0 spiro atoms. The van der Waals surface area contributed by atoms with Crippen LogP contribution in [0.5, 0.6) is 5.75 Å². The van der Waals surface area contributed by atoms with Crippen LogP contribution in [0.4, 0.5) is 0 Å². The number of nitrogens with zero attached hydrogens (tertiary/aromatic N) is 1. The van der Waals surface area contributed by atoms with Crippen LogP contribution in [-0.4, -0.2) is 24.7 Å². The molecule has 1 unspecified atom stereocenters. The minimum Gasteiger partial charge on any atom is -0.490 e. The van der Waals surface area contributed by atoms with Crippen molar-refractivity contribution in [3.05, 3.63) is 21.9 Å². The molecule has 1 N–H and O–H groups in total. The number of halogens is 2. The number of likely N-dealkylation sites (N-methyl/N-ethyl adjacent to an activating group) is 1. The lowest BCUT2D eigenvalue weighted by Gasteiger charge is -2.11. The van der Waals surface area contributed by atoms with E-state index in [-0.39, 0.29) is 0 Å². The molecule has 3 nitrogen and oxygen atoms in total. The van der Waals surface area contributed by atoms with Crippen LogP contribution in [0.15, 0.2) is 16.7 Å². The molecule has 14 heavy (non-hydrogen) atoms. The largest absolute Gasteiger partial charge is 0.490 e. The van der Waals surface area contributed by atoms with Gasteiger partial charge in [-0.25, -0.2) is 4.98 Å². The summed E-state index contributed by atoms with van der Waals surface area (Å²) in [5.41, 5.74) is 0. The summed E-state index contributed by atoms with van der Waals surface area (Å²) in [6, 6.07) is 2.11. The van der Waals surface area contributed by atoms with E-state index in [0.29, 0.717) is 23.6 Å². The molecule has 1 aromatic rings. The molecule has 1 heterocycles. The van der Waals surface area contributed by atoms with Crippen molar-refractivity contribution in [1.82, 2.24) is 10.3 Å². The summed E-state index contributed by atoms with van der Waals surface area (Å²) in [6.07, 6.45) is 1.61. The lowest BCUT2D eigenvalue weighted by Crippen LogP contribution is -2.28. The van der Waals surface area contributed by atoms with E-state index >= 15 is 0 Å². The van der Waals surface area contributed by atoms with Crippen molar-refractivity contribution in [1.29, 1.82) is 0 Å². The summed E-state index contributed by atoms with van der Waals surface area (Å²) >= 11 is 9.02. The van der Waals surface area contributed by atoms with Gasteiger partial charge in [0.15, 0.2) is 0 Å². The van der Waals surface area contributed by atoms with Gasteiger partial charge >= 0.3 is 0 Å². The average molecular weight is 280 g/mol. The molecule has 0 amide bonds. The summed E-state index contributed by atoms with van der Waals surface area (Å²) in [6.45, 7) is 2.64. The Hall–Kier alpha value is -0.320. The molecule has 5 heteroatoms. The second kappa shape index (κ2) is 5.53. The number of hydrogen-bond donors (Lipinski definition) is 1. The lowest BCUT2D eigenvalue weighted by atomic mass is 10.4. The summed E-state index contributed by atoms with van der Waals surface area (Å²) < 4.78 is 6.23. The molecule has 0 aliphatic heterocycles. The van der Waals surface area contributed by atoms with Crippen LogP contribution in [0.1, 0.15) is 6.92 Å². The third-order valence-corrected chi connectivity index (χ3v) is 2.90. The van der Waals surface area contributed by atoms with Crippen LogP contribution in [0.3, 0.4) is 0 Å². The molecular formula is C9H12BrClN2O. The van der Waals surface area contributed by atoms with Gasteiger partial charge in [-0.2, -0.15) is 0 Å². The Kier molecular flexibility index (Phi) is 4.65. The Labute approximate surface area is 96.9 Å². The minimum atomic E-state index is 0.310. The molecule has 1 aromatic heterocycles. The van der Waals surface area contributed by atoms with E-state index in [9.17, 15) is 0 Å². The van der Waals surface area contributed by atoms with Crippen molar-refractivity contribution in [3.63, 3.8) is 0 Å². The highest BCUT2D eigenvalue weighted by atomic mass is 79.9. The number of aromatic nitrogens is 1. The molecule has 0 fully saturated rings. The van der Waals surface area contributed by atoms with E-state index in [1.54, 1.807) is 12.3 Å². The maximum absolute atomic E-state index is 5.74. The highest BCUT2D eigenvalue weighted by molar-refractivity contribution is 9.10. The Balaban J connectivity index is 2.55. The second-order valence-electron chi connectivity index (χ2n) is 2.94. The zero-order chi connectivity index (χ0) is 10.6. The lowest BCUT2D eigenvalue weighted by molar-refractivity contribution is 0.279. The van der Waals surface area contributed by atoms with Crippen LogP contribution in [0.25, 0.3) is 0 Å². The Morgan fingerprint density at radius 3 is 3.00 bits per heavy atom. The molecular weight excluding hydrogens is 267 g/mol. The van der Waals surface area contributed by atoms with E-state index in [1.165, 1.54) is 0 Å². The first-order valence-electron chi connectivity index (χ1n) is 4.24. The second-order valence-corrected chi connectivity index (χ2v) is 4.16. The molecule has 0 aliphatic rings. The van der Waals surface area contributed by atoms with Gasteiger partial charge in [-0.15, -0.1) is 0 Å². The number of rotatable bonds is 4. The molecule has 1 rings (SSSR count). The Morgan fingerprint density at radius 1 is 1.71 bits per heavy atom. The number of hydrogen-bond acceptors (Lipinski definition) is 3. The fourth-order valence-electron chi connectivity index (χ4n) is 0.787. The van der Waals surface area contributed by atoms with E-state index in [1.807, 2.05) is 14.0 Å². The highest BCUT2D eigenvalue weighted by Gasteiger charge is 2.03. The maximum Gasteiger partial charge on any atom is 0.143 e. The molecule has 0 aliphatic carbocycles. The molecule has 78 valence electrons. The average Bonchev–Trinajstić information content (AvgIpc) is 2.19. The smallest absolute Gasteiger partial charge is 0.143 e. The summed E-state index contributed by atoms with van der Waals surface area (Å²) in [7, 11) is 1.89. The number of nitrogens with one attached hydrogen (secondary N) is 1. The van der Waals surface area contributed by atoms with E-state index < -0.39 is 0 Å². The molecule has 0 aromatic carbocycles. The Bertz CT molecular complexity index is 309. The molecule has 0 bridgehead atoms. The fourth-order valence-corrected chi connectivity index (χ4v) is 1.22. The van der Waals surface area contributed by atoms with Crippen molar-refractivity contribution in [2.24, 2.45) is 0 Å². The normalized spacial score (nSPS) is 12.6. The number of pyridine rings is 1. The zero-order valence-electron chi connectivity index (χ0n) is 8.05. The summed E-state index contributed by atoms with van der Waals surface area (Å²) in [4.78, 5) is 3.96.